The average molecular weight is 2140 g/mol. The van der Waals surface area contributed by atoms with E-state index in [-0.39, 0.29) is 93.4 Å². The molecule has 892 valence electrons. The van der Waals surface area contributed by atoms with Crippen LogP contribution < -0.4 is 0 Å². The number of halogens is 1. The van der Waals surface area contributed by atoms with Crippen LogP contribution in [0.4, 0.5) is 4.39 Å². The van der Waals surface area contributed by atoms with Crippen molar-refractivity contribution in [2.75, 3.05) is 86.1 Å². The molecule has 0 spiro atoms. The molecule has 20 heteroatoms. The van der Waals surface area contributed by atoms with Crippen molar-refractivity contribution in [3.8, 4) is 0 Å². The van der Waals surface area contributed by atoms with Crippen LogP contribution in [0.15, 0.2) is 0 Å². The van der Waals surface area contributed by atoms with Crippen LogP contribution in [0, 0.1) is 168 Å². The fourth-order valence-corrected chi connectivity index (χ4v) is 26.7. The minimum absolute atomic E-state index is 0.00752. The molecule has 0 unspecified atom stereocenters. The number of carbonyl (C=O) groups is 4. The van der Waals surface area contributed by atoms with Gasteiger partial charge in [0.15, 0.2) is 11.6 Å². The van der Waals surface area contributed by atoms with Crippen molar-refractivity contribution < 1.29 is 95.0 Å². The first-order chi connectivity index (χ1) is 69.2. The van der Waals surface area contributed by atoms with Gasteiger partial charge in [-0.3, -0.25) is 19.2 Å². The predicted molar refractivity (Wildman–Crippen MR) is 622 cm³/mol. The molecule has 0 bridgehead atoms. The first-order valence-electron chi connectivity index (χ1n) is 61.4. The number of aliphatic hydroxyl groups excluding tert-OH is 1. The zero-order valence-electron chi connectivity index (χ0n) is 108. The van der Waals surface area contributed by atoms with Crippen LogP contribution in [0.5, 0.6) is 0 Å². The Morgan fingerprint density at radius 3 is 0.793 bits per heavy atom. The van der Waals surface area contributed by atoms with Crippen LogP contribution in [0.3, 0.4) is 0 Å². The lowest BCUT2D eigenvalue weighted by Crippen LogP contribution is -2.56. The lowest BCUT2D eigenvalue weighted by Gasteiger charge is -2.49. The molecule has 150 heavy (non-hydrogen) atoms. The van der Waals surface area contributed by atoms with Gasteiger partial charge in [-0.1, -0.05) is 312 Å². The van der Waals surface area contributed by atoms with Gasteiger partial charge in [0.05, 0.1) is 102 Å². The SMILES string of the molecule is CC(=O)OC1CCC(C(C)C)(C(C)C)CC1.CC(C)C(=O)OC1CCC(C(C)C)(C(C)C)CC1.CC(C)C1(C(C)C)CCC(O)CC1.CC(C)C1(C(C)C)COC(C)(C)CO1.CC(C)C1(C(C)C)COC(C)(C)OC1.CC(C)C1(C(C)C)COCCO1.CC(C)C1(C(C)C)COCOC1.CCC(=O)OC1CCC(C(C)C)(C(C)C)CC1.CCC1(CF)OCC(C(C)C)(C(C)C)CO1.CCCC(=O)OC1CCC(C(C)C)(C(C)C)CC1. The quantitative estimate of drug-likeness (QED) is 0.0522. The summed E-state index contributed by atoms with van der Waals surface area (Å²) in [5, 5.41) is 9.50. The smallest absolute Gasteiger partial charge is 0.308 e. The molecule has 5 heterocycles. The first kappa shape index (κ1) is 145. The molecule has 0 radical (unpaired) electrons. The molecule has 1 N–H and O–H groups in total. The van der Waals surface area contributed by atoms with Crippen molar-refractivity contribution in [3.05, 3.63) is 0 Å². The standard InChI is InChI=1S/2C16H30O2.C15H28O2.C14H26O2.C13H25FO2.2C12H24O2.C12H24O.2C10H20O2/c1-11(2)15(17)18-14-7-9-16(10-8-14,12(3)4)13(5)6;1-6-7-15(17)18-14-8-10-16(11-9-14,12(2)3)13(4)5;1-6-14(16)17-13-7-9-15(10-8-13,11(2)3)12(4)5;1-10(2)14(11(3)4)8-6-13(7-9-14)16-12(5)15;1-6-13(7-14)15-8-12(9-16-13,10(2)3)11(4)5;1-9(2)12(10(3)4)7-13-11(5,6)14-8-12;1-9(2)12(10(3)4)8-13-11(5,6)7-14-12;1-9(2)12(10(3)4)7-5-11(13)6-8-12;1-8(2)10(9(3)4)5-11-7-12-6-10;1-8(2)10(9(3)4)7-11-5-6-12-10/h11-14H,7-10H2,1-6H3;12-14H,6-11H2,1-5H3;11-13H,6-10H2,1-5H3;10-11,13H,6-9H2,1-5H3;10-11H,6-9H2,1-5H3;2*9-10H,7-8H2,1-6H3;9-11,13H,5-8H2,1-4H3;2*8-9H,5-7H2,1-4H3. The van der Waals surface area contributed by atoms with Gasteiger partial charge in [0, 0.05) is 42.4 Å². The number of esters is 4. The van der Waals surface area contributed by atoms with E-state index in [9.17, 15) is 28.7 Å². The fourth-order valence-electron chi connectivity index (χ4n) is 26.7. The van der Waals surface area contributed by atoms with Crippen molar-refractivity contribution in [1.29, 1.82) is 0 Å². The molecule has 0 aromatic heterocycles. The largest absolute Gasteiger partial charge is 0.463 e. The van der Waals surface area contributed by atoms with Crippen molar-refractivity contribution in [2.24, 2.45) is 168 Å². The van der Waals surface area contributed by atoms with Gasteiger partial charge >= 0.3 is 23.9 Å². The van der Waals surface area contributed by atoms with E-state index in [2.05, 4.69) is 291 Å². The highest BCUT2D eigenvalue weighted by Crippen LogP contribution is 2.55. The number of alkyl halides is 1. The second-order valence-electron chi connectivity index (χ2n) is 55.7. The molecule has 10 fully saturated rings. The van der Waals surface area contributed by atoms with E-state index in [0.29, 0.717) is 179 Å². The molecule has 5 aliphatic heterocycles. The summed E-state index contributed by atoms with van der Waals surface area (Å²) in [6.45, 7) is 118. The van der Waals surface area contributed by atoms with E-state index in [0.717, 1.165) is 135 Å². The predicted octanol–water partition coefficient (Wildman–Crippen LogP) is 33.9. The van der Waals surface area contributed by atoms with Crippen LogP contribution in [0.2, 0.25) is 0 Å². The number of carbonyl (C=O) groups excluding carboxylic acids is 4. The Morgan fingerprint density at radius 2 is 0.567 bits per heavy atom. The van der Waals surface area contributed by atoms with Crippen molar-refractivity contribution in [1.82, 2.24) is 0 Å². The van der Waals surface area contributed by atoms with Gasteiger partial charge in [-0.15, -0.1) is 0 Å². The number of ether oxygens (including phenoxy) is 14. The highest BCUT2D eigenvalue weighted by atomic mass is 19.1. The summed E-state index contributed by atoms with van der Waals surface area (Å²) in [6.07, 6.45) is 25.5. The van der Waals surface area contributed by atoms with E-state index < -0.39 is 18.2 Å². The summed E-state index contributed by atoms with van der Waals surface area (Å²) in [4.78, 5) is 45.3. The Morgan fingerprint density at radius 1 is 0.293 bits per heavy atom. The maximum atomic E-state index is 12.9. The van der Waals surface area contributed by atoms with Crippen LogP contribution in [-0.2, 0) is 85.5 Å². The molecular weight excluding hydrogens is 1880 g/mol. The molecular formula is C130H251FO19. The summed E-state index contributed by atoms with van der Waals surface area (Å²) in [6, 6.07) is 0. The zero-order valence-corrected chi connectivity index (χ0v) is 108. The minimum Gasteiger partial charge on any atom is -0.463 e. The maximum absolute atomic E-state index is 12.9. The van der Waals surface area contributed by atoms with Gasteiger partial charge in [0.2, 0.25) is 0 Å². The summed E-state index contributed by atoms with van der Waals surface area (Å²) >= 11 is 0. The highest BCUT2D eigenvalue weighted by molar-refractivity contribution is 5.71. The molecule has 0 atom stereocenters. The fraction of sp³-hybridized carbons (Fsp3) is 0.969. The summed E-state index contributed by atoms with van der Waals surface area (Å²) in [5.74, 6) is 11.0. The van der Waals surface area contributed by atoms with Crippen LogP contribution in [-0.4, -0.2) is 174 Å². The number of aliphatic hydroxyl groups is 1. The van der Waals surface area contributed by atoms with Crippen LogP contribution in [0.1, 0.15) is 500 Å². The van der Waals surface area contributed by atoms with Crippen molar-refractivity contribution in [2.45, 2.75) is 559 Å². The molecule has 0 aromatic rings. The third-order valence-corrected chi connectivity index (χ3v) is 40.6. The lowest BCUT2D eigenvalue weighted by atomic mass is 9.60. The Hall–Kier alpha value is -2.63. The van der Waals surface area contributed by atoms with Crippen LogP contribution in [0.25, 0.3) is 0 Å². The van der Waals surface area contributed by atoms with E-state index >= 15 is 0 Å². The Labute approximate surface area is 926 Å². The average Bonchev–Trinajstić information content (AvgIpc) is 0.776. The summed E-state index contributed by atoms with van der Waals surface area (Å²) in [5.41, 5.74) is 2.50. The monoisotopic (exact) mass is 2140 g/mol. The van der Waals surface area contributed by atoms with E-state index in [1.54, 1.807) is 0 Å². The second-order valence-corrected chi connectivity index (χ2v) is 55.7. The molecule has 0 amide bonds. The van der Waals surface area contributed by atoms with Gasteiger partial charge in [0.25, 0.3) is 0 Å². The van der Waals surface area contributed by atoms with Gasteiger partial charge in [-0.05, 0) is 308 Å². The number of rotatable bonds is 30. The molecule has 10 rings (SSSR count). The molecule has 5 saturated carbocycles. The molecule has 10 aliphatic rings. The molecule has 5 saturated heterocycles. The van der Waals surface area contributed by atoms with Gasteiger partial charge in [0.1, 0.15) is 37.9 Å². The maximum Gasteiger partial charge on any atom is 0.308 e. The van der Waals surface area contributed by atoms with E-state index in [1.165, 1.54) is 71.1 Å². The third-order valence-electron chi connectivity index (χ3n) is 40.6. The number of hydrogen-bond acceptors (Lipinski definition) is 19. The Balaban J connectivity index is 0.000000836. The molecule has 19 nitrogen and oxygen atoms in total. The second kappa shape index (κ2) is 66.1. The zero-order chi connectivity index (χ0) is 116. The van der Waals surface area contributed by atoms with Crippen molar-refractivity contribution >= 4 is 23.9 Å². The minimum atomic E-state index is -0.979. The van der Waals surface area contributed by atoms with Crippen molar-refractivity contribution in [3.63, 3.8) is 0 Å². The van der Waals surface area contributed by atoms with Gasteiger partial charge in [-0.25, -0.2) is 4.39 Å². The molecule has 0 aromatic carbocycles. The third kappa shape index (κ3) is 41.4. The van der Waals surface area contributed by atoms with Crippen LogP contribution >= 0.6 is 0 Å². The lowest BCUT2D eigenvalue weighted by molar-refractivity contribution is -0.322. The summed E-state index contributed by atoms with van der Waals surface area (Å²) in [7, 11) is 0. The van der Waals surface area contributed by atoms with E-state index in [1.807, 2.05) is 48.5 Å². The Bertz CT molecular complexity index is 3370. The highest BCUT2D eigenvalue weighted by Gasteiger charge is 2.53. The normalized spacial score (nSPS) is 22.8. The number of hydrogen-bond donors (Lipinski definition) is 1. The first-order valence-corrected chi connectivity index (χ1v) is 61.4. The summed E-state index contributed by atoms with van der Waals surface area (Å²) < 4.78 is 91.9. The van der Waals surface area contributed by atoms with E-state index in [4.69, 9.17) is 66.3 Å². The van der Waals surface area contributed by atoms with Gasteiger partial charge in [-0.2, -0.15) is 0 Å². The van der Waals surface area contributed by atoms with Gasteiger partial charge < -0.3 is 71.4 Å². The Kier molecular flexibility index (Phi) is 64.0. The topological polar surface area (TPSA) is 218 Å². The molecule has 5 aliphatic carbocycles.